The van der Waals surface area contributed by atoms with Gasteiger partial charge in [-0.3, -0.25) is 9.89 Å². The van der Waals surface area contributed by atoms with Crippen molar-refractivity contribution < 1.29 is 9.53 Å². The van der Waals surface area contributed by atoms with Gasteiger partial charge in [-0.2, -0.15) is 5.10 Å². The molecule has 2 N–H and O–H groups in total. The summed E-state index contributed by atoms with van der Waals surface area (Å²) in [6, 6.07) is 2.36. The van der Waals surface area contributed by atoms with Crippen LogP contribution in [-0.2, 0) is 9.53 Å². The molecule has 2 saturated heterocycles. The Bertz CT molecular complexity index is 503. The van der Waals surface area contributed by atoms with Crippen molar-refractivity contribution in [2.75, 3.05) is 26.3 Å². The Morgan fingerprint density at radius 2 is 2.00 bits per heavy atom. The molecule has 3 heterocycles. The molecular weight excluding hydrogens is 304 g/mol. The van der Waals surface area contributed by atoms with E-state index < -0.39 is 0 Å². The summed E-state index contributed by atoms with van der Waals surface area (Å²) in [6.07, 6.45) is 5.82. The maximum Gasteiger partial charge on any atom is 0.239 e. The minimum atomic E-state index is -0.0863. The second-order valence-corrected chi connectivity index (χ2v) is 7.39. The Hall–Kier alpha value is -1.40. The average molecular weight is 334 g/mol. The standard InChI is InChI=1S/C18H30N4O2/c1-13(2)17(20-15-6-11-24-12-7-15)18(23)22-9-4-14(5-10-22)16-3-8-19-21-16/h3,8,13-15,17,20H,4-7,9-12H2,1-2H3,(H,19,21). The second-order valence-electron chi connectivity index (χ2n) is 7.39. The third-order valence-electron chi connectivity index (χ3n) is 5.34. The maximum atomic E-state index is 13.0. The molecule has 2 aliphatic heterocycles. The summed E-state index contributed by atoms with van der Waals surface area (Å²) in [5.41, 5.74) is 1.20. The van der Waals surface area contributed by atoms with Crippen molar-refractivity contribution in [3.05, 3.63) is 18.0 Å². The van der Waals surface area contributed by atoms with Gasteiger partial charge in [-0.1, -0.05) is 13.8 Å². The van der Waals surface area contributed by atoms with Gasteiger partial charge in [0.15, 0.2) is 0 Å². The number of hydrogen-bond donors (Lipinski definition) is 2. The lowest BCUT2D eigenvalue weighted by Crippen LogP contribution is -2.54. The van der Waals surface area contributed by atoms with E-state index in [9.17, 15) is 4.79 Å². The fourth-order valence-corrected chi connectivity index (χ4v) is 3.77. The molecule has 2 aliphatic rings. The van der Waals surface area contributed by atoms with E-state index in [0.29, 0.717) is 17.9 Å². The zero-order chi connectivity index (χ0) is 16.9. The lowest BCUT2D eigenvalue weighted by Gasteiger charge is -2.37. The number of H-pyrrole nitrogens is 1. The summed E-state index contributed by atoms with van der Waals surface area (Å²) < 4.78 is 5.42. The van der Waals surface area contributed by atoms with Gasteiger partial charge in [0.2, 0.25) is 5.91 Å². The molecule has 1 amide bonds. The molecule has 3 rings (SSSR count). The third kappa shape index (κ3) is 4.16. The number of nitrogens with one attached hydrogen (secondary N) is 2. The third-order valence-corrected chi connectivity index (χ3v) is 5.34. The zero-order valence-electron chi connectivity index (χ0n) is 14.8. The Kier molecular flexibility index (Phi) is 5.89. The van der Waals surface area contributed by atoms with Crippen LogP contribution in [0.3, 0.4) is 0 Å². The van der Waals surface area contributed by atoms with Crippen molar-refractivity contribution >= 4 is 5.91 Å². The van der Waals surface area contributed by atoms with E-state index in [-0.39, 0.29) is 11.9 Å². The van der Waals surface area contributed by atoms with Crippen LogP contribution < -0.4 is 5.32 Å². The SMILES string of the molecule is CC(C)C(NC1CCOCC1)C(=O)N1CCC(c2ccn[nH]2)CC1. The molecule has 24 heavy (non-hydrogen) atoms. The van der Waals surface area contributed by atoms with Gasteiger partial charge in [0, 0.05) is 50.2 Å². The number of nitrogens with zero attached hydrogens (tertiary/aromatic N) is 2. The Labute approximate surface area is 144 Å². The van der Waals surface area contributed by atoms with Crippen molar-refractivity contribution in [3.63, 3.8) is 0 Å². The molecule has 0 saturated carbocycles. The lowest BCUT2D eigenvalue weighted by atomic mass is 9.92. The predicted molar refractivity (Wildman–Crippen MR) is 92.7 cm³/mol. The molecule has 1 atom stereocenters. The van der Waals surface area contributed by atoms with E-state index in [1.807, 2.05) is 11.0 Å². The number of carbonyl (C=O) groups is 1. The molecule has 134 valence electrons. The Balaban J connectivity index is 1.55. The average Bonchev–Trinajstić information content (AvgIpc) is 3.14. The zero-order valence-corrected chi connectivity index (χ0v) is 14.8. The van der Waals surface area contributed by atoms with Gasteiger partial charge >= 0.3 is 0 Å². The highest BCUT2D eigenvalue weighted by Crippen LogP contribution is 2.27. The molecule has 6 heteroatoms. The van der Waals surface area contributed by atoms with Crippen molar-refractivity contribution in [1.82, 2.24) is 20.4 Å². The maximum absolute atomic E-state index is 13.0. The topological polar surface area (TPSA) is 70.2 Å². The van der Waals surface area contributed by atoms with Crippen molar-refractivity contribution in [2.24, 2.45) is 5.92 Å². The molecule has 2 fully saturated rings. The second kappa shape index (κ2) is 8.12. The first-order chi connectivity index (χ1) is 11.6. The van der Waals surface area contributed by atoms with Crippen molar-refractivity contribution in [2.45, 2.75) is 57.5 Å². The molecule has 0 radical (unpaired) electrons. The van der Waals surface area contributed by atoms with Gasteiger partial charge in [-0.25, -0.2) is 0 Å². The number of piperidine rings is 1. The van der Waals surface area contributed by atoms with Crippen LogP contribution in [0.25, 0.3) is 0 Å². The van der Waals surface area contributed by atoms with E-state index in [4.69, 9.17) is 4.74 Å². The fraction of sp³-hybridized carbons (Fsp3) is 0.778. The number of rotatable bonds is 5. The quantitative estimate of drug-likeness (QED) is 0.863. The highest BCUT2D eigenvalue weighted by Gasteiger charge is 2.32. The van der Waals surface area contributed by atoms with E-state index in [0.717, 1.165) is 52.0 Å². The smallest absolute Gasteiger partial charge is 0.239 e. The van der Waals surface area contributed by atoms with E-state index in [1.54, 1.807) is 6.20 Å². The summed E-state index contributed by atoms with van der Waals surface area (Å²) in [5, 5.41) is 10.7. The molecule has 0 spiro atoms. The van der Waals surface area contributed by atoms with Gasteiger partial charge in [0.05, 0.1) is 6.04 Å². The largest absolute Gasteiger partial charge is 0.381 e. The summed E-state index contributed by atoms with van der Waals surface area (Å²) in [6.45, 7) is 7.53. The van der Waals surface area contributed by atoms with Crippen LogP contribution in [0.2, 0.25) is 0 Å². The molecule has 1 unspecified atom stereocenters. The van der Waals surface area contributed by atoms with Gasteiger partial charge in [-0.15, -0.1) is 0 Å². The predicted octanol–water partition coefficient (Wildman–Crippen LogP) is 1.91. The van der Waals surface area contributed by atoms with Crippen LogP contribution in [-0.4, -0.2) is 59.4 Å². The van der Waals surface area contributed by atoms with Crippen LogP contribution in [0.15, 0.2) is 12.3 Å². The van der Waals surface area contributed by atoms with Gasteiger partial charge in [0.1, 0.15) is 0 Å². The molecule has 0 bridgehead atoms. The van der Waals surface area contributed by atoms with E-state index >= 15 is 0 Å². The van der Waals surface area contributed by atoms with Gasteiger partial charge in [0.25, 0.3) is 0 Å². The Morgan fingerprint density at radius 3 is 2.58 bits per heavy atom. The molecular formula is C18H30N4O2. The molecule has 1 aromatic heterocycles. The summed E-state index contributed by atoms with van der Waals surface area (Å²) in [5.74, 6) is 1.06. The fourth-order valence-electron chi connectivity index (χ4n) is 3.77. The van der Waals surface area contributed by atoms with Crippen LogP contribution >= 0.6 is 0 Å². The molecule has 0 aromatic carbocycles. The van der Waals surface area contributed by atoms with Crippen LogP contribution in [0, 0.1) is 5.92 Å². The Morgan fingerprint density at radius 1 is 1.29 bits per heavy atom. The molecule has 0 aliphatic carbocycles. The molecule has 6 nitrogen and oxygen atoms in total. The van der Waals surface area contributed by atoms with Gasteiger partial charge < -0.3 is 15.0 Å². The van der Waals surface area contributed by atoms with Crippen LogP contribution in [0.4, 0.5) is 0 Å². The first-order valence-electron chi connectivity index (χ1n) is 9.27. The number of amides is 1. The summed E-state index contributed by atoms with van der Waals surface area (Å²) >= 11 is 0. The monoisotopic (exact) mass is 334 g/mol. The minimum absolute atomic E-state index is 0.0863. The van der Waals surface area contributed by atoms with E-state index in [2.05, 4.69) is 29.4 Å². The number of carbonyl (C=O) groups excluding carboxylic acids is 1. The van der Waals surface area contributed by atoms with Crippen LogP contribution in [0.5, 0.6) is 0 Å². The normalized spacial score (nSPS) is 22.0. The number of ether oxygens (including phenoxy) is 1. The minimum Gasteiger partial charge on any atom is -0.381 e. The highest BCUT2D eigenvalue weighted by atomic mass is 16.5. The first kappa shape index (κ1) is 17.4. The highest BCUT2D eigenvalue weighted by molar-refractivity contribution is 5.82. The van der Waals surface area contributed by atoms with Crippen LogP contribution in [0.1, 0.15) is 51.1 Å². The number of hydrogen-bond acceptors (Lipinski definition) is 4. The van der Waals surface area contributed by atoms with Crippen molar-refractivity contribution in [3.8, 4) is 0 Å². The summed E-state index contributed by atoms with van der Waals surface area (Å²) in [4.78, 5) is 15.1. The van der Waals surface area contributed by atoms with E-state index in [1.165, 1.54) is 5.69 Å². The molecule has 1 aromatic rings. The first-order valence-corrected chi connectivity index (χ1v) is 9.27. The number of aromatic amines is 1. The lowest BCUT2D eigenvalue weighted by molar-refractivity contribution is -0.136. The summed E-state index contributed by atoms with van der Waals surface area (Å²) in [7, 11) is 0. The number of likely N-dealkylation sites (tertiary alicyclic amines) is 1. The van der Waals surface area contributed by atoms with Crippen molar-refractivity contribution in [1.29, 1.82) is 0 Å². The number of aromatic nitrogens is 2. The van der Waals surface area contributed by atoms with Gasteiger partial charge in [-0.05, 0) is 37.7 Å².